The molecule has 0 bridgehead atoms. The fraction of sp³-hybridized carbons (Fsp3) is 0.389. The molecular weight excluding hydrogens is 244 g/mol. The molecule has 0 spiro atoms. The number of benzene rings is 1. The molecule has 0 amide bonds. The Balaban J connectivity index is 1.96. The second kappa shape index (κ2) is 6.08. The second-order valence-electron chi connectivity index (χ2n) is 6.42. The highest BCUT2D eigenvalue weighted by Gasteiger charge is 2.13. The molecule has 0 radical (unpaired) electrons. The van der Waals surface area contributed by atoms with Crippen LogP contribution in [0.15, 0.2) is 48.7 Å². The van der Waals surface area contributed by atoms with Crippen LogP contribution in [-0.2, 0) is 11.8 Å². The van der Waals surface area contributed by atoms with Gasteiger partial charge in [-0.05, 0) is 36.0 Å². The molecule has 1 atom stereocenters. The monoisotopic (exact) mass is 268 g/mol. The summed E-state index contributed by atoms with van der Waals surface area (Å²) in [5.74, 6) is 0.946. The van der Waals surface area contributed by atoms with Crippen LogP contribution in [0, 0.1) is 0 Å². The lowest BCUT2D eigenvalue weighted by Crippen LogP contribution is -2.19. The van der Waals surface area contributed by atoms with Crippen molar-refractivity contribution in [2.45, 2.75) is 45.6 Å². The van der Waals surface area contributed by atoms with Gasteiger partial charge in [0.15, 0.2) is 0 Å². The number of nitrogens with one attached hydrogen (secondary N) is 1. The Kier molecular flexibility index (Phi) is 4.43. The number of hydrogen-bond acceptors (Lipinski definition) is 2. The summed E-state index contributed by atoms with van der Waals surface area (Å²) in [7, 11) is 0. The maximum atomic E-state index is 4.52. The van der Waals surface area contributed by atoms with Gasteiger partial charge in [0, 0.05) is 12.2 Å². The van der Waals surface area contributed by atoms with Crippen molar-refractivity contribution >= 4 is 5.82 Å². The van der Waals surface area contributed by atoms with Crippen LogP contribution in [0.25, 0.3) is 0 Å². The van der Waals surface area contributed by atoms with E-state index in [1.165, 1.54) is 11.1 Å². The molecule has 1 heterocycles. The first kappa shape index (κ1) is 14.6. The minimum Gasteiger partial charge on any atom is -0.367 e. The molecule has 0 saturated heterocycles. The van der Waals surface area contributed by atoms with E-state index in [1.54, 1.807) is 0 Å². The van der Waals surface area contributed by atoms with Crippen LogP contribution in [0.3, 0.4) is 0 Å². The van der Waals surface area contributed by atoms with Crippen LogP contribution >= 0.6 is 0 Å². The topological polar surface area (TPSA) is 24.9 Å². The lowest BCUT2D eigenvalue weighted by molar-refractivity contribution is 0.587. The molecule has 0 saturated carbocycles. The van der Waals surface area contributed by atoms with E-state index in [1.807, 2.05) is 12.3 Å². The van der Waals surface area contributed by atoms with Gasteiger partial charge in [-0.25, -0.2) is 4.98 Å². The SMILES string of the molecule is CC(Cc1ccccc1)Nc1ccc(C(C)(C)C)cn1. The van der Waals surface area contributed by atoms with Crippen LogP contribution in [0.4, 0.5) is 5.82 Å². The fourth-order valence-electron chi connectivity index (χ4n) is 2.19. The summed E-state index contributed by atoms with van der Waals surface area (Å²) in [5, 5.41) is 3.46. The molecule has 0 aliphatic carbocycles. The van der Waals surface area contributed by atoms with Crippen LogP contribution in [0.5, 0.6) is 0 Å². The molecule has 0 aliphatic heterocycles. The number of hydrogen-bond donors (Lipinski definition) is 1. The summed E-state index contributed by atoms with van der Waals surface area (Å²) in [6, 6.07) is 15.1. The summed E-state index contributed by atoms with van der Waals surface area (Å²) in [4.78, 5) is 4.52. The van der Waals surface area contributed by atoms with Crippen molar-refractivity contribution in [3.8, 4) is 0 Å². The lowest BCUT2D eigenvalue weighted by atomic mass is 9.88. The smallest absolute Gasteiger partial charge is 0.126 e. The molecule has 106 valence electrons. The van der Waals surface area contributed by atoms with Gasteiger partial charge in [-0.1, -0.05) is 57.2 Å². The Labute approximate surface area is 122 Å². The van der Waals surface area contributed by atoms with Crippen molar-refractivity contribution in [1.29, 1.82) is 0 Å². The standard InChI is InChI=1S/C18H24N2/c1-14(12-15-8-6-5-7-9-15)20-17-11-10-16(13-19-17)18(2,3)4/h5-11,13-14H,12H2,1-4H3,(H,19,20). The summed E-state index contributed by atoms with van der Waals surface area (Å²) in [6.07, 6.45) is 2.97. The van der Waals surface area contributed by atoms with E-state index in [0.717, 1.165) is 12.2 Å². The predicted octanol–water partition coefficient (Wildman–Crippen LogP) is 4.42. The molecule has 1 N–H and O–H groups in total. The zero-order chi connectivity index (χ0) is 14.6. The lowest BCUT2D eigenvalue weighted by Gasteiger charge is -2.19. The third-order valence-corrected chi connectivity index (χ3v) is 3.41. The minimum absolute atomic E-state index is 0.154. The predicted molar refractivity (Wildman–Crippen MR) is 86.2 cm³/mol. The minimum atomic E-state index is 0.154. The first-order chi connectivity index (χ1) is 9.45. The average Bonchev–Trinajstić information content (AvgIpc) is 2.39. The maximum Gasteiger partial charge on any atom is 0.126 e. The van der Waals surface area contributed by atoms with Gasteiger partial charge >= 0.3 is 0 Å². The quantitative estimate of drug-likeness (QED) is 0.887. The van der Waals surface area contributed by atoms with E-state index in [4.69, 9.17) is 0 Å². The highest BCUT2D eigenvalue weighted by Crippen LogP contribution is 2.22. The van der Waals surface area contributed by atoms with Gasteiger partial charge in [-0.3, -0.25) is 0 Å². The first-order valence-electron chi connectivity index (χ1n) is 7.22. The van der Waals surface area contributed by atoms with Gasteiger partial charge in [0.1, 0.15) is 5.82 Å². The van der Waals surface area contributed by atoms with E-state index in [9.17, 15) is 0 Å². The molecule has 2 nitrogen and oxygen atoms in total. The fourth-order valence-corrected chi connectivity index (χ4v) is 2.19. The summed E-state index contributed by atoms with van der Waals surface area (Å²) in [6.45, 7) is 8.80. The number of aromatic nitrogens is 1. The van der Waals surface area contributed by atoms with Crippen LogP contribution in [0.1, 0.15) is 38.8 Å². The van der Waals surface area contributed by atoms with E-state index < -0.39 is 0 Å². The Morgan fingerprint density at radius 3 is 2.30 bits per heavy atom. The zero-order valence-corrected chi connectivity index (χ0v) is 12.9. The van der Waals surface area contributed by atoms with Gasteiger partial charge in [-0.2, -0.15) is 0 Å². The number of anilines is 1. The van der Waals surface area contributed by atoms with E-state index >= 15 is 0 Å². The molecule has 2 heteroatoms. The largest absolute Gasteiger partial charge is 0.367 e. The van der Waals surface area contributed by atoms with Crippen LogP contribution < -0.4 is 5.32 Å². The highest BCUT2D eigenvalue weighted by atomic mass is 15.0. The maximum absolute atomic E-state index is 4.52. The third-order valence-electron chi connectivity index (χ3n) is 3.41. The number of rotatable bonds is 4. The molecule has 1 unspecified atom stereocenters. The van der Waals surface area contributed by atoms with Gasteiger partial charge in [0.05, 0.1) is 0 Å². The number of pyridine rings is 1. The van der Waals surface area contributed by atoms with Crippen LogP contribution in [0.2, 0.25) is 0 Å². The van der Waals surface area contributed by atoms with Crippen LogP contribution in [-0.4, -0.2) is 11.0 Å². The van der Waals surface area contributed by atoms with Gasteiger partial charge in [0.25, 0.3) is 0 Å². The van der Waals surface area contributed by atoms with E-state index in [2.05, 4.69) is 74.4 Å². The van der Waals surface area contributed by atoms with Crippen molar-refractivity contribution in [2.75, 3.05) is 5.32 Å². The normalized spacial score (nSPS) is 13.0. The zero-order valence-electron chi connectivity index (χ0n) is 12.9. The molecule has 20 heavy (non-hydrogen) atoms. The first-order valence-corrected chi connectivity index (χ1v) is 7.22. The summed E-state index contributed by atoms with van der Waals surface area (Å²) >= 11 is 0. The van der Waals surface area contributed by atoms with Gasteiger partial charge < -0.3 is 5.32 Å². The average molecular weight is 268 g/mol. The summed E-state index contributed by atoms with van der Waals surface area (Å²) < 4.78 is 0. The van der Waals surface area contributed by atoms with Crippen molar-refractivity contribution in [1.82, 2.24) is 4.98 Å². The second-order valence-corrected chi connectivity index (χ2v) is 6.42. The number of nitrogens with zero attached hydrogens (tertiary/aromatic N) is 1. The van der Waals surface area contributed by atoms with Crippen molar-refractivity contribution < 1.29 is 0 Å². The van der Waals surface area contributed by atoms with Crippen molar-refractivity contribution in [3.63, 3.8) is 0 Å². The molecule has 2 aromatic rings. The Hall–Kier alpha value is -1.83. The summed E-state index contributed by atoms with van der Waals surface area (Å²) in [5.41, 5.74) is 2.76. The van der Waals surface area contributed by atoms with Crippen molar-refractivity contribution in [3.05, 3.63) is 59.8 Å². The van der Waals surface area contributed by atoms with Crippen molar-refractivity contribution in [2.24, 2.45) is 0 Å². The Morgan fingerprint density at radius 1 is 1.05 bits per heavy atom. The van der Waals surface area contributed by atoms with Gasteiger partial charge in [-0.15, -0.1) is 0 Å². The Bertz CT molecular complexity index is 524. The van der Waals surface area contributed by atoms with E-state index in [-0.39, 0.29) is 5.41 Å². The molecule has 2 rings (SSSR count). The molecular formula is C18H24N2. The van der Waals surface area contributed by atoms with E-state index in [0.29, 0.717) is 6.04 Å². The molecule has 0 fully saturated rings. The van der Waals surface area contributed by atoms with Gasteiger partial charge in [0.2, 0.25) is 0 Å². The third kappa shape index (κ3) is 4.09. The Morgan fingerprint density at radius 2 is 1.75 bits per heavy atom. The highest BCUT2D eigenvalue weighted by molar-refractivity contribution is 5.38. The molecule has 1 aromatic carbocycles. The molecule has 0 aliphatic rings. The molecule has 1 aromatic heterocycles.